The summed E-state index contributed by atoms with van der Waals surface area (Å²) in [6.07, 6.45) is 6.70. The minimum absolute atomic E-state index is 0.233. The molecule has 0 aliphatic heterocycles. The third kappa shape index (κ3) is 3.99. The van der Waals surface area contributed by atoms with E-state index in [1.807, 2.05) is 59.4 Å². The topological polar surface area (TPSA) is 85.0 Å². The van der Waals surface area contributed by atoms with Crippen LogP contribution in [0.3, 0.4) is 0 Å². The lowest BCUT2D eigenvalue weighted by Crippen LogP contribution is -2.30. The van der Waals surface area contributed by atoms with Crippen molar-refractivity contribution in [1.82, 2.24) is 20.1 Å². The van der Waals surface area contributed by atoms with Gasteiger partial charge in [0.25, 0.3) is 0 Å². The SMILES string of the molecule is O=C(NCCc1ccc(-n2cccn2)cc1)Nc1ccc2oc(C3CC3)nc2c1. The lowest BCUT2D eigenvalue weighted by molar-refractivity contribution is 0.252. The van der Waals surface area contributed by atoms with Crippen molar-refractivity contribution in [2.24, 2.45) is 0 Å². The van der Waals surface area contributed by atoms with Gasteiger partial charge in [0.1, 0.15) is 5.52 Å². The molecule has 5 rings (SSSR count). The number of benzene rings is 2. The number of carbonyl (C=O) groups is 1. The smallest absolute Gasteiger partial charge is 0.319 e. The van der Waals surface area contributed by atoms with Crippen LogP contribution in [0.5, 0.6) is 0 Å². The Morgan fingerprint density at radius 1 is 1.17 bits per heavy atom. The summed E-state index contributed by atoms with van der Waals surface area (Å²) in [5, 5.41) is 9.96. The molecular formula is C22H21N5O2. The number of fused-ring (bicyclic) bond motifs is 1. The van der Waals surface area contributed by atoms with Crippen LogP contribution < -0.4 is 10.6 Å². The summed E-state index contributed by atoms with van der Waals surface area (Å²) in [5.74, 6) is 1.27. The van der Waals surface area contributed by atoms with E-state index in [0.717, 1.165) is 47.5 Å². The van der Waals surface area contributed by atoms with Crippen LogP contribution in [0.25, 0.3) is 16.8 Å². The Morgan fingerprint density at radius 3 is 2.79 bits per heavy atom. The molecule has 0 bridgehead atoms. The number of rotatable bonds is 6. The second-order valence-electron chi connectivity index (χ2n) is 7.26. The number of anilines is 1. The molecule has 7 nitrogen and oxygen atoms in total. The molecule has 2 amide bonds. The first kappa shape index (κ1) is 17.5. The second kappa shape index (κ2) is 7.43. The Morgan fingerprint density at radius 2 is 2.03 bits per heavy atom. The average molecular weight is 387 g/mol. The summed E-state index contributed by atoms with van der Waals surface area (Å²) in [5.41, 5.74) is 4.41. The Labute approximate surface area is 167 Å². The van der Waals surface area contributed by atoms with Crippen molar-refractivity contribution in [3.8, 4) is 5.69 Å². The summed E-state index contributed by atoms with van der Waals surface area (Å²) in [6, 6.07) is 15.3. The monoisotopic (exact) mass is 387 g/mol. The first-order valence-electron chi connectivity index (χ1n) is 9.79. The van der Waals surface area contributed by atoms with E-state index < -0.39 is 0 Å². The van der Waals surface area contributed by atoms with E-state index in [-0.39, 0.29) is 6.03 Å². The Bertz CT molecular complexity index is 1130. The van der Waals surface area contributed by atoms with Gasteiger partial charge in [0.05, 0.1) is 5.69 Å². The minimum Gasteiger partial charge on any atom is -0.440 e. The first-order valence-corrected chi connectivity index (χ1v) is 9.79. The summed E-state index contributed by atoms with van der Waals surface area (Å²) in [4.78, 5) is 16.7. The summed E-state index contributed by atoms with van der Waals surface area (Å²) in [7, 11) is 0. The van der Waals surface area contributed by atoms with Crippen molar-refractivity contribution < 1.29 is 9.21 Å². The molecule has 0 radical (unpaired) electrons. The number of carbonyl (C=O) groups excluding carboxylic acids is 1. The van der Waals surface area contributed by atoms with Gasteiger partial charge >= 0.3 is 6.03 Å². The van der Waals surface area contributed by atoms with Crippen molar-refractivity contribution in [2.75, 3.05) is 11.9 Å². The highest BCUT2D eigenvalue weighted by Crippen LogP contribution is 2.40. The predicted molar refractivity (Wildman–Crippen MR) is 110 cm³/mol. The molecular weight excluding hydrogens is 366 g/mol. The van der Waals surface area contributed by atoms with Crippen LogP contribution in [0.1, 0.15) is 30.2 Å². The van der Waals surface area contributed by atoms with Crippen molar-refractivity contribution in [2.45, 2.75) is 25.2 Å². The average Bonchev–Trinajstić information content (AvgIpc) is 3.26. The lowest BCUT2D eigenvalue weighted by atomic mass is 10.1. The molecule has 4 aromatic rings. The standard InChI is InChI=1S/C22H21N5O2/c28-22(23-12-10-15-2-7-18(8-3-15)27-13-1-11-24-27)25-17-6-9-20-19(14-17)26-21(29-20)16-4-5-16/h1-3,6-9,11,13-14,16H,4-5,10,12H2,(H2,23,25,28). The summed E-state index contributed by atoms with van der Waals surface area (Å²) < 4.78 is 7.57. The van der Waals surface area contributed by atoms with Gasteiger partial charge in [-0.1, -0.05) is 12.1 Å². The number of nitrogens with one attached hydrogen (secondary N) is 2. The highest BCUT2D eigenvalue weighted by atomic mass is 16.3. The van der Waals surface area contributed by atoms with Crippen molar-refractivity contribution in [3.05, 3.63) is 72.4 Å². The highest BCUT2D eigenvalue weighted by molar-refractivity contribution is 5.91. The van der Waals surface area contributed by atoms with Crippen LogP contribution in [0.15, 0.2) is 65.3 Å². The number of urea groups is 1. The predicted octanol–water partition coefficient (Wildman–Crippen LogP) is 4.26. The van der Waals surface area contributed by atoms with E-state index >= 15 is 0 Å². The third-order valence-electron chi connectivity index (χ3n) is 4.99. The van der Waals surface area contributed by atoms with Crippen LogP contribution in [0.2, 0.25) is 0 Å². The zero-order valence-electron chi connectivity index (χ0n) is 15.8. The zero-order valence-corrected chi connectivity index (χ0v) is 15.8. The quantitative estimate of drug-likeness (QED) is 0.518. The van der Waals surface area contributed by atoms with E-state index in [1.165, 1.54) is 0 Å². The number of oxazole rings is 1. The zero-order chi connectivity index (χ0) is 19.6. The Balaban J connectivity index is 1.13. The molecule has 2 N–H and O–H groups in total. The number of amides is 2. The molecule has 1 aliphatic carbocycles. The van der Waals surface area contributed by atoms with E-state index in [1.54, 1.807) is 6.20 Å². The molecule has 2 aromatic heterocycles. The lowest BCUT2D eigenvalue weighted by Gasteiger charge is -2.08. The maximum absolute atomic E-state index is 12.2. The van der Waals surface area contributed by atoms with Gasteiger partial charge in [0, 0.05) is 30.5 Å². The van der Waals surface area contributed by atoms with Gasteiger partial charge in [-0.25, -0.2) is 14.5 Å². The summed E-state index contributed by atoms with van der Waals surface area (Å²) >= 11 is 0. The molecule has 2 aromatic carbocycles. The fraction of sp³-hybridized carbons (Fsp3) is 0.227. The number of aromatic nitrogens is 3. The van der Waals surface area contributed by atoms with Crippen LogP contribution in [-0.4, -0.2) is 27.3 Å². The van der Waals surface area contributed by atoms with Crippen LogP contribution in [0.4, 0.5) is 10.5 Å². The van der Waals surface area contributed by atoms with Gasteiger partial charge in [-0.15, -0.1) is 0 Å². The first-order chi connectivity index (χ1) is 14.2. The van der Waals surface area contributed by atoms with E-state index in [2.05, 4.69) is 20.7 Å². The normalized spacial score (nSPS) is 13.5. The van der Waals surface area contributed by atoms with Crippen molar-refractivity contribution in [1.29, 1.82) is 0 Å². The molecule has 0 saturated heterocycles. The number of hydrogen-bond donors (Lipinski definition) is 2. The van der Waals surface area contributed by atoms with Gasteiger partial charge in [-0.3, -0.25) is 0 Å². The van der Waals surface area contributed by atoms with E-state index in [4.69, 9.17) is 4.42 Å². The Hall–Kier alpha value is -3.61. The fourth-order valence-corrected chi connectivity index (χ4v) is 3.26. The molecule has 1 saturated carbocycles. The number of hydrogen-bond acceptors (Lipinski definition) is 4. The maximum atomic E-state index is 12.2. The minimum atomic E-state index is -0.233. The molecule has 1 fully saturated rings. The van der Waals surface area contributed by atoms with Crippen LogP contribution in [0, 0.1) is 0 Å². The van der Waals surface area contributed by atoms with Crippen molar-refractivity contribution >= 4 is 22.8 Å². The molecule has 0 unspecified atom stereocenters. The van der Waals surface area contributed by atoms with Gasteiger partial charge in [-0.05, 0) is 61.2 Å². The van der Waals surface area contributed by atoms with Gasteiger partial charge in [0.2, 0.25) is 0 Å². The molecule has 1 aliphatic rings. The number of nitrogens with zero attached hydrogens (tertiary/aromatic N) is 3. The molecule has 29 heavy (non-hydrogen) atoms. The molecule has 2 heterocycles. The fourth-order valence-electron chi connectivity index (χ4n) is 3.26. The van der Waals surface area contributed by atoms with Crippen LogP contribution in [-0.2, 0) is 6.42 Å². The van der Waals surface area contributed by atoms with Crippen molar-refractivity contribution in [3.63, 3.8) is 0 Å². The van der Waals surface area contributed by atoms with Gasteiger partial charge in [-0.2, -0.15) is 5.10 Å². The van der Waals surface area contributed by atoms with Crippen LogP contribution >= 0.6 is 0 Å². The highest BCUT2D eigenvalue weighted by Gasteiger charge is 2.28. The van der Waals surface area contributed by atoms with E-state index in [0.29, 0.717) is 18.2 Å². The Kier molecular flexibility index (Phi) is 4.48. The third-order valence-corrected chi connectivity index (χ3v) is 4.99. The molecule has 0 atom stereocenters. The maximum Gasteiger partial charge on any atom is 0.319 e. The van der Waals surface area contributed by atoms with E-state index in [9.17, 15) is 4.79 Å². The summed E-state index contributed by atoms with van der Waals surface area (Å²) in [6.45, 7) is 0.547. The molecule has 7 heteroatoms. The molecule has 0 spiro atoms. The van der Waals surface area contributed by atoms with Gasteiger partial charge < -0.3 is 15.1 Å². The van der Waals surface area contributed by atoms with Gasteiger partial charge in [0.15, 0.2) is 11.5 Å². The largest absolute Gasteiger partial charge is 0.440 e. The second-order valence-corrected chi connectivity index (χ2v) is 7.26. The molecule has 146 valence electrons.